The van der Waals surface area contributed by atoms with Crippen molar-refractivity contribution in [3.8, 4) is 0 Å². The van der Waals surface area contributed by atoms with E-state index in [2.05, 4.69) is 29.5 Å². The number of hydrogen-bond donors (Lipinski definition) is 2. The lowest BCUT2D eigenvalue weighted by Gasteiger charge is -2.38. The number of aromatic nitrogens is 1. The van der Waals surface area contributed by atoms with Crippen molar-refractivity contribution in [2.24, 2.45) is 5.41 Å². The molecule has 19 heavy (non-hydrogen) atoms. The minimum Gasteiger partial charge on any atom is -0.322 e. The molecule has 1 fully saturated rings. The first-order valence-electron chi connectivity index (χ1n) is 6.56. The van der Waals surface area contributed by atoms with E-state index in [1.807, 2.05) is 13.0 Å². The Labute approximate surface area is 118 Å². The van der Waals surface area contributed by atoms with Crippen LogP contribution in [0.1, 0.15) is 32.3 Å². The molecule has 1 aliphatic heterocycles. The molecule has 1 amide bonds. The predicted octanol–water partition coefficient (Wildman–Crippen LogP) is 2.76. The molecular weight excluding hydrogens is 262 g/mol. The van der Waals surface area contributed by atoms with Gasteiger partial charge in [-0.25, -0.2) is 4.98 Å². The van der Waals surface area contributed by atoms with Crippen LogP contribution in [-0.2, 0) is 4.79 Å². The third-order valence-electron chi connectivity index (χ3n) is 3.62. The molecule has 1 aromatic heterocycles. The molecule has 0 spiro atoms. The van der Waals surface area contributed by atoms with E-state index in [0.29, 0.717) is 10.8 Å². The third-order valence-corrected chi connectivity index (χ3v) is 3.92. The number of rotatable bonds is 2. The lowest BCUT2D eigenvalue weighted by molar-refractivity contribution is -0.121. The van der Waals surface area contributed by atoms with E-state index in [-0.39, 0.29) is 17.4 Å². The molecule has 2 heterocycles. The minimum atomic E-state index is -0.196. The highest BCUT2D eigenvalue weighted by molar-refractivity contribution is 6.32. The maximum absolute atomic E-state index is 12.4. The Kier molecular flexibility index (Phi) is 4.11. The van der Waals surface area contributed by atoms with Crippen LogP contribution in [0.2, 0.25) is 5.15 Å². The van der Waals surface area contributed by atoms with Crippen LogP contribution >= 0.6 is 11.6 Å². The maximum Gasteiger partial charge on any atom is 0.242 e. The second-order valence-corrected chi connectivity index (χ2v) is 6.18. The minimum absolute atomic E-state index is 0.0426. The molecule has 0 aromatic carbocycles. The summed E-state index contributed by atoms with van der Waals surface area (Å²) in [4.78, 5) is 16.4. The summed E-state index contributed by atoms with van der Waals surface area (Å²) in [5.74, 6) is -0.0426. The van der Waals surface area contributed by atoms with Gasteiger partial charge in [-0.3, -0.25) is 4.79 Å². The van der Waals surface area contributed by atoms with Crippen molar-refractivity contribution in [2.45, 2.75) is 39.7 Å². The van der Waals surface area contributed by atoms with Gasteiger partial charge in [0.1, 0.15) is 0 Å². The zero-order valence-corrected chi connectivity index (χ0v) is 12.3. The van der Waals surface area contributed by atoms with E-state index < -0.39 is 0 Å². The number of amides is 1. The Balaban J connectivity index is 2.14. The van der Waals surface area contributed by atoms with Gasteiger partial charge >= 0.3 is 0 Å². The fourth-order valence-corrected chi connectivity index (χ4v) is 2.65. The van der Waals surface area contributed by atoms with Gasteiger partial charge < -0.3 is 10.6 Å². The lowest BCUT2D eigenvalue weighted by Crippen LogP contribution is -2.53. The molecule has 1 aliphatic rings. The summed E-state index contributed by atoms with van der Waals surface area (Å²) in [6.45, 7) is 7.02. The lowest BCUT2D eigenvalue weighted by atomic mass is 9.77. The molecule has 0 saturated carbocycles. The molecule has 0 aliphatic carbocycles. The highest BCUT2D eigenvalue weighted by atomic mass is 35.5. The number of piperidine rings is 1. The third kappa shape index (κ3) is 3.25. The van der Waals surface area contributed by atoms with Crippen LogP contribution in [0.5, 0.6) is 0 Å². The van der Waals surface area contributed by atoms with Crippen molar-refractivity contribution in [2.75, 3.05) is 11.9 Å². The Hall–Kier alpha value is -1.13. The van der Waals surface area contributed by atoms with Crippen LogP contribution in [0.25, 0.3) is 0 Å². The molecule has 104 valence electrons. The van der Waals surface area contributed by atoms with Crippen LogP contribution in [0.4, 0.5) is 5.69 Å². The monoisotopic (exact) mass is 281 g/mol. The normalized spacial score (nSPS) is 22.0. The van der Waals surface area contributed by atoms with Gasteiger partial charge in [0.15, 0.2) is 5.15 Å². The van der Waals surface area contributed by atoms with E-state index in [9.17, 15) is 4.79 Å². The van der Waals surface area contributed by atoms with Gasteiger partial charge in [0.2, 0.25) is 5.91 Å². The number of nitrogens with one attached hydrogen (secondary N) is 2. The average Bonchev–Trinajstić information content (AvgIpc) is 2.33. The second kappa shape index (κ2) is 5.47. The molecule has 0 radical (unpaired) electrons. The van der Waals surface area contributed by atoms with E-state index in [1.54, 1.807) is 6.20 Å². The zero-order chi connectivity index (χ0) is 14.0. The molecule has 1 aromatic rings. The Bertz CT molecular complexity index is 488. The zero-order valence-electron chi connectivity index (χ0n) is 11.6. The SMILES string of the molecule is Cc1cnc(Cl)c(NC(=O)C2NCCCC2(C)C)c1. The largest absolute Gasteiger partial charge is 0.322 e. The van der Waals surface area contributed by atoms with Gasteiger partial charge in [0.25, 0.3) is 0 Å². The fourth-order valence-electron chi connectivity index (χ4n) is 2.50. The van der Waals surface area contributed by atoms with Crippen LogP contribution in [0.3, 0.4) is 0 Å². The van der Waals surface area contributed by atoms with E-state index >= 15 is 0 Å². The first-order chi connectivity index (χ1) is 8.90. The van der Waals surface area contributed by atoms with Gasteiger partial charge in [0.05, 0.1) is 11.7 Å². The number of pyridine rings is 1. The molecule has 1 unspecified atom stereocenters. The van der Waals surface area contributed by atoms with Gasteiger partial charge in [-0.2, -0.15) is 0 Å². The molecule has 1 atom stereocenters. The van der Waals surface area contributed by atoms with Gasteiger partial charge in [-0.05, 0) is 43.4 Å². The number of carbonyl (C=O) groups excluding carboxylic acids is 1. The van der Waals surface area contributed by atoms with Crippen molar-refractivity contribution in [1.82, 2.24) is 10.3 Å². The smallest absolute Gasteiger partial charge is 0.242 e. The van der Waals surface area contributed by atoms with E-state index in [1.165, 1.54) is 0 Å². The summed E-state index contributed by atoms with van der Waals surface area (Å²) in [5.41, 5.74) is 1.50. The first-order valence-corrected chi connectivity index (χ1v) is 6.94. The number of carbonyl (C=O) groups is 1. The second-order valence-electron chi connectivity index (χ2n) is 5.82. The number of anilines is 1. The highest BCUT2D eigenvalue weighted by Crippen LogP contribution is 2.31. The topological polar surface area (TPSA) is 54.0 Å². The quantitative estimate of drug-likeness (QED) is 0.820. The number of halogens is 1. The Morgan fingerprint density at radius 2 is 2.32 bits per heavy atom. The van der Waals surface area contributed by atoms with Crippen LogP contribution < -0.4 is 10.6 Å². The summed E-state index contributed by atoms with van der Waals surface area (Å²) >= 11 is 6.00. The van der Waals surface area contributed by atoms with Crippen molar-refractivity contribution in [1.29, 1.82) is 0 Å². The number of hydrogen-bond acceptors (Lipinski definition) is 3. The molecule has 2 N–H and O–H groups in total. The van der Waals surface area contributed by atoms with Crippen LogP contribution in [0, 0.1) is 12.3 Å². The highest BCUT2D eigenvalue weighted by Gasteiger charge is 2.37. The van der Waals surface area contributed by atoms with E-state index in [4.69, 9.17) is 11.6 Å². The summed E-state index contributed by atoms with van der Waals surface area (Å²) in [7, 11) is 0. The summed E-state index contributed by atoms with van der Waals surface area (Å²) in [6.07, 6.45) is 3.82. The fraction of sp³-hybridized carbons (Fsp3) is 0.571. The Morgan fingerprint density at radius 1 is 1.58 bits per heavy atom. The van der Waals surface area contributed by atoms with E-state index in [0.717, 1.165) is 24.9 Å². The summed E-state index contributed by atoms with van der Waals surface area (Å²) < 4.78 is 0. The maximum atomic E-state index is 12.4. The molecule has 4 nitrogen and oxygen atoms in total. The first kappa shape index (κ1) is 14.3. The predicted molar refractivity (Wildman–Crippen MR) is 77.4 cm³/mol. The molecule has 1 saturated heterocycles. The van der Waals surface area contributed by atoms with Crippen molar-refractivity contribution in [3.63, 3.8) is 0 Å². The van der Waals surface area contributed by atoms with Gasteiger partial charge in [-0.15, -0.1) is 0 Å². The van der Waals surface area contributed by atoms with Crippen LogP contribution in [-0.4, -0.2) is 23.5 Å². The molecule has 2 rings (SSSR count). The average molecular weight is 282 g/mol. The van der Waals surface area contributed by atoms with Crippen molar-refractivity contribution >= 4 is 23.2 Å². The number of aryl methyl sites for hydroxylation is 1. The Morgan fingerprint density at radius 3 is 3.00 bits per heavy atom. The van der Waals surface area contributed by atoms with Crippen molar-refractivity contribution in [3.05, 3.63) is 23.0 Å². The van der Waals surface area contributed by atoms with Crippen LogP contribution in [0.15, 0.2) is 12.3 Å². The van der Waals surface area contributed by atoms with Gasteiger partial charge in [0, 0.05) is 6.20 Å². The summed E-state index contributed by atoms with van der Waals surface area (Å²) in [5, 5.41) is 6.49. The van der Waals surface area contributed by atoms with Crippen molar-refractivity contribution < 1.29 is 4.79 Å². The summed E-state index contributed by atoms with van der Waals surface area (Å²) in [6, 6.07) is 1.64. The standard InChI is InChI=1S/C14H20ClN3O/c1-9-7-10(12(15)17-8-9)18-13(19)11-14(2,3)5-4-6-16-11/h7-8,11,16H,4-6H2,1-3H3,(H,18,19). The molecule has 0 bridgehead atoms. The molecule has 5 heteroatoms. The van der Waals surface area contributed by atoms with Gasteiger partial charge in [-0.1, -0.05) is 25.4 Å². The molecular formula is C14H20ClN3O. The number of nitrogens with zero attached hydrogens (tertiary/aromatic N) is 1.